The first-order chi connectivity index (χ1) is 7.75. The van der Waals surface area contributed by atoms with Gasteiger partial charge in [0.15, 0.2) is 0 Å². The Kier molecular flexibility index (Phi) is 3.34. The zero-order valence-electron chi connectivity index (χ0n) is 9.22. The Labute approximate surface area is 94.7 Å². The predicted octanol–water partition coefficient (Wildman–Crippen LogP) is 0.614. The smallest absolute Gasteiger partial charge is 0.222 e. The number of carbonyl (C=O) groups is 1. The minimum atomic E-state index is 0.252. The normalized spacial score (nSPS) is 16.5. The first-order valence-electron chi connectivity index (χ1n) is 5.60. The first kappa shape index (κ1) is 10.9. The van der Waals surface area contributed by atoms with Gasteiger partial charge in [0, 0.05) is 25.9 Å². The van der Waals surface area contributed by atoms with E-state index in [4.69, 9.17) is 5.73 Å². The summed E-state index contributed by atoms with van der Waals surface area (Å²) in [4.78, 5) is 21.7. The van der Waals surface area contributed by atoms with Gasteiger partial charge in [0.25, 0.3) is 0 Å². The van der Waals surface area contributed by atoms with E-state index in [9.17, 15) is 4.79 Å². The van der Waals surface area contributed by atoms with Crippen molar-refractivity contribution in [2.24, 2.45) is 0 Å². The number of hydrogen-bond acceptors (Lipinski definition) is 4. The first-order valence-corrected chi connectivity index (χ1v) is 5.60. The monoisotopic (exact) mass is 220 g/mol. The Hall–Kier alpha value is -1.65. The number of carbonyl (C=O) groups excluding carboxylic acids is 1. The minimum Gasteiger partial charge on any atom is -0.396 e. The van der Waals surface area contributed by atoms with E-state index in [1.165, 1.54) is 0 Å². The molecule has 0 aliphatic carbocycles. The van der Waals surface area contributed by atoms with Crippen LogP contribution in [0.1, 0.15) is 25.1 Å². The average molecular weight is 220 g/mol. The summed E-state index contributed by atoms with van der Waals surface area (Å²) in [5.74, 6) is 0.995. The molecule has 2 heterocycles. The lowest BCUT2D eigenvalue weighted by Gasteiger charge is -2.26. The zero-order valence-corrected chi connectivity index (χ0v) is 9.22. The molecule has 2 N–H and O–H groups in total. The highest BCUT2D eigenvalue weighted by molar-refractivity contribution is 5.76. The summed E-state index contributed by atoms with van der Waals surface area (Å²) in [5, 5.41) is 0. The van der Waals surface area contributed by atoms with E-state index >= 15 is 0 Å². The number of likely N-dealkylation sites (tertiary alicyclic amines) is 1. The molecule has 1 amide bonds. The molecule has 16 heavy (non-hydrogen) atoms. The van der Waals surface area contributed by atoms with Crippen LogP contribution >= 0.6 is 0 Å². The van der Waals surface area contributed by atoms with Crippen molar-refractivity contribution in [2.45, 2.75) is 25.7 Å². The van der Waals surface area contributed by atoms with Crippen molar-refractivity contribution in [2.75, 3.05) is 18.8 Å². The van der Waals surface area contributed by atoms with Crippen molar-refractivity contribution >= 4 is 11.6 Å². The molecule has 0 saturated carbocycles. The van der Waals surface area contributed by atoms with Crippen LogP contribution in [0.15, 0.2) is 12.4 Å². The molecule has 0 bridgehead atoms. The van der Waals surface area contributed by atoms with Gasteiger partial charge in [0.05, 0.1) is 18.1 Å². The van der Waals surface area contributed by atoms with E-state index in [1.807, 2.05) is 4.90 Å². The largest absolute Gasteiger partial charge is 0.396 e. The quantitative estimate of drug-likeness (QED) is 0.810. The van der Waals surface area contributed by atoms with Gasteiger partial charge in [-0.1, -0.05) is 0 Å². The van der Waals surface area contributed by atoms with Gasteiger partial charge in [-0.25, -0.2) is 9.97 Å². The lowest BCUT2D eigenvalue weighted by molar-refractivity contribution is -0.133. The second-order valence-corrected chi connectivity index (χ2v) is 4.02. The van der Waals surface area contributed by atoms with Gasteiger partial charge in [-0.2, -0.15) is 0 Å². The number of nitrogens with two attached hydrogens (primary N) is 1. The number of aromatic nitrogens is 2. The van der Waals surface area contributed by atoms with Crippen LogP contribution < -0.4 is 5.73 Å². The van der Waals surface area contributed by atoms with E-state index in [0.717, 1.165) is 25.2 Å². The van der Waals surface area contributed by atoms with Crippen molar-refractivity contribution in [3.8, 4) is 0 Å². The van der Waals surface area contributed by atoms with Gasteiger partial charge in [-0.3, -0.25) is 4.79 Å². The molecule has 0 radical (unpaired) electrons. The van der Waals surface area contributed by atoms with Crippen LogP contribution in [0.25, 0.3) is 0 Å². The SMILES string of the molecule is Nc1cnc(CCN2CCCCC2=O)nc1. The van der Waals surface area contributed by atoms with E-state index < -0.39 is 0 Å². The molecule has 1 saturated heterocycles. The Morgan fingerprint density at radius 1 is 1.31 bits per heavy atom. The van der Waals surface area contributed by atoms with Crippen LogP contribution in [0, 0.1) is 0 Å². The van der Waals surface area contributed by atoms with Gasteiger partial charge in [0.1, 0.15) is 5.82 Å². The maximum atomic E-state index is 11.5. The average Bonchev–Trinajstić information content (AvgIpc) is 2.30. The lowest BCUT2D eigenvalue weighted by atomic mass is 10.1. The second kappa shape index (κ2) is 4.92. The number of anilines is 1. The summed E-state index contributed by atoms with van der Waals surface area (Å²) in [6, 6.07) is 0. The molecular weight excluding hydrogens is 204 g/mol. The molecule has 5 nitrogen and oxygen atoms in total. The molecule has 0 atom stereocenters. The number of nitrogen functional groups attached to an aromatic ring is 1. The molecule has 1 fully saturated rings. The molecule has 1 aromatic heterocycles. The van der Waals surface area contributed by atoms with Crippen molar-refractivity contribution in [3.63, 3.8) is 0 Å². The van der Waals surface area contributed by atoms with Crippen LogP contribution in [0.3, 0.4) is 0 Å². The fraction of sp³-hybridized carbons (Fsp3) is 0.545. The fourth-order valence-electron chi connectivity index (χ4n) is 1.83. The fourth-order valence-corrected chi connectivity index (χ4v) is 1.83. The summed E-state index contributed by atoms with van der Waals surface area (Å²) in [7, 11) is 0. The Morgan fingerprint density at radius 3 is 2.75 bits per heavy atom. The molecule has 5 heteroatoms. The van der Waals surface area contributed by atoms with E-state index in [-0.39, 0.29) is 5.91 Å². The molecular formula is C11H16N4O. The van der Waals surface area contributed by atoms with Gasteiger partial charge in [0.2, 0.25) is 5.91 Å². The molecule has 1 aliphatic heterocycles. The van der Waals surface area contributed by atoms with Crippen LogP contribution in [0.2, 0.25) is 0 Å². The van der Waals surface area contributed by atoms with Crippen LogP contribution in [-0.2, 0) is 11.2 Å². The molecule has 0 spiro atoms. The topological polar surface area (TPSA) is 72.1 Å². The van der Waals surface area contributed by atoms with E-state index in [2.05, 4.69) is 9.97 Å². The highest BCUT2D eigenvalue weighted by Crippen LogP contribution is 2.10. The third-order valence-electron chi connectivity index (χ3n) is 2.75. The Bertz CT molecular complexity index is 363. The third-order valence-corrected chi connectivity index (χ3v) is 2.75. The number of rotatable bonds is 3. The Balaban J connectivity index is 1.86. The van der Waals surface area contributed by atoms with Crippen LogP contribution in [-0.4, -0.2) is 33.9 Å². The summed E-state index contributed by atoms with van der Waals surface area (Å²) >= 11 is 0. The van der Waals surface area contributed by atoms with Crippen molar-refractivity contribution in [1.29, 1.82) is 0 Å². The maximum Gasteiger partial charge on any atom is 0.222 e. The number of piperidine rings is 1. The molecule has 2 rings (SSSR count). The third kappa shape index (κ3) is 2.68. The molecule has 0 unspecified atom stereocenters. The molecule has 1 aliphatic rings. The lowest BCUT2D eigenvalue weighted by Crippen LogP contribution is -2.36. The summed E-state index contributed by atoms with van der Waals surface area (Å²) < 4.78 is 0. The molecule has 86 valence electrons. The van der Waals surface area contributed by atoms with Crippen molar-refractivity contribution < 1.29 is 4.79 Å². The highest BCUT2D eigenvalue weighted by Gasteiger charge is 2.17. The van der Waals surface area contributed by atoms with Gasteiger partial charge >= 0.3 is 0 Å². The van der Waals surface area contributed by atoms with Gasteiger partial charge < -0.3 is 10.6 Å². The van der Waals surface area contributed by atoms with E-state index in [1.54, 1.807) is 12.4 Å². The van der Waals surface area contributed by atoms with Gasteiger partial charge in [-0.15, -0.1) is 0 Å². The summed E-state index contributed by atoms with van der Waals surface area (Å²) in [6.07, 6.45) is 6.71. The number of hydrogen-bond donors (Lipinski definition) is 1. The number of nitrogens with zero attached hydrogens (tertiary/aromatic N) is 3. The van der Waals surface area contributed by atoms with E-state index in [0.29, 0.717) is 25.1 Å². The standard InChI is InChI=1S/C11H16N4O/c12-9-7-13-10(14-8-9)4-6-15-5-2-1-3-11(15)16/h7-8H,1-6,12H2. The van der Waals surface area contributed by atoms with Crippen molar-refractivity contribution in [1.82, 2.24) is 14.9 Å². The zero-order chi connectivity index (χ0) is 11.4. The van der Waals surface area contributed by atoms with Crippen LogP contribution in [0.5, 0.6) is 0 Å². The van der Waals surface area contributed by atoms with Crippen molar-refractivity contribution in [3.05, 3.63) is 18.2 Å². The maximum absolute atomic E-state index is 11.5. The summed E-state index contributed by atoms with van der Waals surface area (Å²) in [5.41, 5.74) is 6.07. The molecule has 0 aromatic carbocycles. The minimum absolute atomic E-state index is 0.252. The highest BCUT2D eigenvalue weighted by atomic mass is 16.2. The Morgan fingerprint density at radius 2 is 2.06 bits per heavy atom. The summed E-state index contributed by atoms with van der Waals surface area (Å²) in [6.45, 7) is 1.58. The molecule has 1 aromatic rings. The van der Waals surface area contributed by atoms with Gasteiger partial charge in [-0.05, 0) is 12.8 Å². The second-order valence-electron chi connectivity index (χ2n) is 4.02. The predicted molar refractivity (Wildman–Crippen MR) is 60.6 cm³/mol. The number of amides is 1. The van der Waals surface area contributed by atoms with Crippen LogP contribution in [0.4, 0.5) is 5.69 Å².